The second-order valence-corrected chi connectivity index (χ2v) is 8.58. The number of para-hydroxylation sites is 1. The van der Waals surface area contributed by atoms with Crippen LogP contribution >= 0.6 is 10.9 Å². The van der Waals surface area contributed by atoms with Gasteiger partial charge in [0.2, 0.25) is 0 Å². The summed E-state index contributed by atoms with van der Waals surface area (Å²) in [5.74, 6) is 1.08. The molecule has 2 unspecified atom stereocenters. The smallest absolute Gasteiger partial charge is 0.176 e. The summed E-state index contributed by atoms with van der Waals surface area (Å²) in [4.78, 5) is 21.4. The number of aliphatic imine (C=N–C) groups is 1. The summed E-state index contributed by atoms with van der Waals surface area (Å²) in [7, 11) is -0.725. The number of fused-ring (bicyclic) bond motifs is 1. The Morgan fingerprint density at radius 1 is 1.24 bits per heavy atom. The number of allylic oxidation sites excluding steroid dienone is 2. The van der Waals surface area contributed by atoms with Gasteiger partial charge in [0.15, 0.2) is 5.78 Å². The molecule has 0 amide bonds. The van der Waals surface area contributed by atoms with Crippen molar-refractivity contribution in [2.45, 2.75) is 11.3 Å². The fourth-order valence-corrected chi connectivity index (χ4v) is 6.14. The van der Waals surface area contributed by atoms with Crippen molar-refractivity contribution in [2.75, 3.05) is 37.7 Å². The van der Waals surface area contributed by atoms with Crippen LogP contribution in [0.2, 0.25) is 0 Å². The predicted molar refractivity (Wildman–Crippen MR) is 101 cm³/mol. The number of anilines is 1. The van der Waals surface area contributed by atoms with Crippen molar-refractivity contribution in [2.24, 2.45) is 10.9 Å². The highest BCUT2D eigenvalue weighted by molar-refractivity contribution is 8.23. The number of nitrogens with zero attached hydrogens (tertiary/aromatic N) is 2. The van der Waals surface area contributed by atoms with Crippen molar-refractivity contribution >= 4 is 28.2 Å². The molecule has 6 heteroatoms. The van der Waals surface area contributed by atoms with Gasteiger partial charge in [-0.1, -0.05) is 12.1 Å². The fourth-order valence-electron chi connectivity index (χ4n) is 3.94. The van der Waals surface area contributed by atoms with E-state index in [0.717, 1.165) is 55.7 Å². The molecule has 1 aromatic rings. The van der Waals surface area contributed by atoms with Gasteiger partial charge in [0, 0.05) is 35.8 Å². The number of benzene rings is 1. The average molecular weight is 355 g/mol. The molecule has 0 aliphatic carbocycles. The third kappa shape index (κ3) is 2.43. The lowest BCUT2D eigenvalue weighted by atomic mass is 9.94. The van der Waals surface area contributed by atoms with Crippen molar-refractivity contribution in [3.05, 3.63) is 46.4 Å². The van der Waals surface area contributed by atoms with Crippen LogP contribution in [-0.4, -0.2) is 44.5 Å². The molecule has 2 saturated heterocycles. The van der Waals surface area contributed by atoms with E-state index in [2.05, 4.69) is 39.9 Å². The normalized spacial score (nSPS) is 29.4. The third-order valence-electron chi connectivity index (χ3n) is 5.23. The molecule has 1 N–H and O–H groups in total. The molecule has 4 aliphatic heterocycles. The summed E-state index contributed by atoms with van der Waals surface area (Å²) < 4.78 is 5.50. The first-order valence-electron chi connectivity index (χ1n) is 8.83. The number of ether oxygens (including phenoxy) is 1. The number of morpholine rings is 1. The van der Waals surface area contributed by atoms with E-state index in [1.807, 2.05) is 6.08 Å². The highest BCUT2D eigenvalue weighted by atomic mass is 32.2. The molecule has 5 nitrogen and oxygen atoms in total. The average Bonchev–Trinajstić information content (AvgIpc) is 3.30. The molecule has 2 atom stereocenters. The van der Waals surface area contributed by atoms with E-state index in [4.69, 9.17) is 9.73 Å². The molecule has 130 valence electrons. The first kappa shape index (κ1) is 15.2. The number of thiol groups is 1. The molecular weight excluding hydrogens is 334 g/mol. The Morgan fingerprint density at radius 2 is 2.08 bits per heavy atom. The number of hydrogen-bond donors (Lipinski definition) is 2. The standard InChI is InChI=1S/C19H21N3O2S/c23-17-13-5-7-20-18(13)21-19-14(17)6-12-25(19)16-4-2-1-3-15(16)22-8-10-24-11-9-22/h1-4,6,12-13,25H,5,7-11H2,(H,20,21). The number of Topliss-reactive ketones (excluding diaryl/α,β-unsaturated/α-hetero) is 1. The van der Waals surface area contributed by atoms with Crippen LogP contribution in [0.25, 0.3) is 0 Å². The maximum atomic E-state index is 12.8. The summed E-state index contributed by atoms with van der Waals surface area (Å²) in [6, 6.07) is 8.55. The molecular formula is C19H21N3O2S. The molecule has 4 aliphatic rings. The topological polar surface area (TPSA) is 53.9 Å². The molecule has 2 fully saturated rings. The quantitative estimate of drug-likeness (QED) is 0.799. The largest absolute Gasteiger partial charge is 0.378 e. The van der Waals surface area contributed by atoms with E-state index in [-0.39, 0.29) is 11.7 Å². The molecule has 0 saturated carbocycles. The fraction of sp³-hybridized carbons (Fsp3) is 0.368. The van der Waals surface area contributed by atoms with Gasteiger partial charge >= 0.3 is 0 Å². The zero-order chi connectivity index (χ0) is 16.8. The van der Waals surface area contributed by atoms with Crippen LogP contribution in [-0.2, 0) is 9.53 Å². The molecule has 4 heterocycles. The number of carbonyl (C=O) groups excluding carboxylic acids is 1. The Kier molecular flexibility index (Phi) is 3.68. The Morgan fingerprint density at radius 3 is 2.96 bits per heavy atom. The summed E-state index contributed by atoms with van der Waals surface area (Å²) in [5.41, 5.74) is 2.09. The Labute approximate surface area is 149 Å². The van der Waals surface area contributed by atoms with Gasteiger partial charge in [-0.25, -0.2) is 4.99 Å². The molecule has 25 heavy (non-hydrogen) atoms. The highest BCUT2D eigenvalue weighted by Crippen LogP contribution is 2.56. The van der Waals surface area contributed by atoms with Crippen molar-refractivity contribution in [1.82, 2.24) is 5.32 Å². The van der Waals surface area contributed by atoms with Crippen molar-refractivity contribution in [3.8, 4) is 0 Å². The van der Waals surface area contributed by atoms with E-state index in [9.17, 15) is 4.79 Å². The number of hydrogen-bond acceptors (Lipinski definition) is 5. The van der Waals surface area contributed by atoms with Crippen LogP contribution in [0.3, 0.4) is 0 Å². The second-order valence-electron chi connectivity index (χ2n) is 6.64. The summed E-state index contributed by atoms with van der Waals surface area (Å²) >= 11 is 0. The molecule has 1 aromatic carbocycles. The third-order valence-corrected chi connectivity index (χ3v) is 7.37. The van der Waals surface area contributed by atoms with Crippen LogP contribution in [0.4, 0.5) is 5.69 Å². The maximum Gasteiger partial charge on any atom is 0.176 e. The Hall–Kier alpha value is -2.05. The van der Waals surface area contributed by atoms with E-state index >= 15 is 0 Å². The molecule has 5 rings (SSSR count). The number of rotatable bonds is 2. The monoisotopic (exact) mass is 355 g/mol. The van der Waals surface area contributed by atoms with Gasteiger partial charge in [0.1, 0.15) is 5.84 Å². The first-order valence-corrected chi connectivity index (χ1v) is 10.2. The maximum absolute atomic E-state index is 12.8. The summed E-state index contributed by atoms with van der Waals surface area (Å²) in [6.07, 6.45) is 2.88. The van der Waals surface area contributed by atoms with E-state index in [1.54, 1.807) is 0 Å². The Balaban J connectivity index is 1.55. The van der Waals surface area contributed by atoms with Crippen LogP contribution in [0.5, 0.6) is 0 Å². The number of ketones is 1. The number of amidine groups is 1. The first-order chi connectivity index (χ1) is 12.3. The van der Waals surface area contributed by atoms with Gasteiger partial charge in [-0.3, -0.25) is 4.79 Å². The van der Waals surface area contributed by atoms with Crippen molar-refractivity contribution < 1.29 is 9.53 Å². The van der Waals surface area contributed by atoms with Crippen LogP contribution < -0.4 is 10.2 Å². The SMILES string of the molecule is O=C1C2=C(N=C3NCCC13)[SH](c1ccccc1N1CCOCC1)C=C2. The second kappa shape index (κ2) is 6.04. The summed E-state index contributed by atoms with van der Waals surface area (Å²) in [6.45, 7) is 4.20. The summed E-state index contributed by atoms with van der Waals surface area (Å²) in [5, 5.41) is 6.47. The predicted octanol–water partition coefficient (Wildman–Crippen LogP) is 2.21. The highest BCUT2D eigenvalue weighted by Gasteiger charge is 2.38. The van der Waals surface area contributed by atoms with E-state index < -0.39 is 10.9 Å². The zero-order valence-electron chi connectivity index (χ0n) is 13.9. The van der Waals surface area contributed by atoms with E-state index in [1.165, 1.54) is 10.6 Å². The van der Waals surface area contributed by atoms with Gasteiger partial charge in [-0.2, -0.15) is 10.9 Å². The molecule has 0 aromatic heterocycles. The lowest BCUT2D eigenvalue weighted by Crippen LogP contribution is -2.36. The lowest BCUT2D eigenvalue weighted by molar-refractivity contribution is -0.117. The minimum absolute atomic E-state index is 0.0483. The lowest BCUT2D eigenvalue weighted by Gasteiger charge is -2.32. The van der Waals surface area contributed by atoms with Gasteiger partial charge in [0.05, 0.1) is 24.2 Å². The number of nitrogens with one attached hydrogen (secondary N) is 1. The van der Waals surface area contributed by atoms with Gasteiger partial charge < -0.3 is 15.0 Å². The molecule has 0 radical (unpaired) electrons. The van der Waals surface area contributed by atoms with Crippen molar-refractivity contribution in [3.63, 3.8) is 0 Å². The molecule has 0 spiro atoms. The van der Waals surface area contributed by atoms with Crippen LogP contribution in [0.15, 0.2) is 56.2 Å². The molecule has 0 bridgehead atoms. The minimum Gasteiger partial charge on any atom is -0.378 e. The van der Waals surface area contributed by atoms with Gasteiger partial charge in [0.25, 0.3) is 0 Å². The van der Waals surface area contributed by atoms with Gasteiger partial charge in [-0.05, 0) is 30.0 Å². The van der Waals surface area contributed by atoms with E-state index in [0.29, 0.717) is 0 Å². The van der Waals surface area contributed by atoms with Crippen molar-refractivity contribution in [1.29, 1.82) is 0 Å². The van der Waals surface area contributed by atoms with Gasteiger partial charge in [-0.15, -0.1) is 0 Å². The van der Waals surface area contributed by atoms with Crippen LogP contribution in [0, 0.1) is 5.92 Å². The number of carbonyl (C=O) groups is 1. The van der Waals surface area contributed by atoms with Crippen LogP contribution in [0.1, 0.15) is 6.42 Å². The minimum atomic E-state index is -0.725. The zero-order valence-corrected chi connectivity index (χ0v) is 14.8. The Bertz CT molecular complexity index is 824.